The average molecular weight is 510 g/mol. The maximum absolute atomic E-state index is 11.6. The lowest BCUT2D eigenvalue weighted by Gasteiger charge is -2.34. The number of aliphatic imine (C=N–C) groups is 1. The summed E-state index contributed by atoms with van der Waals surface area (Å²) < 4.78 is 5.29. The van der Waals surface area contributed by atoms with Gasteiger partial charge in [0.1, 0.15) is 5.75 Å². The van der Waals surface area contributed by atoms with Gasteiger partial charge in [0.05, 0.1) is 7.11 Å². The molecule has 1 fully saturated rings. The van der Waals surface area contributed by atoms with Crippen LogP contribution >= 0.6 is 24.0 Å². The van der Waals surface area contributed by atoms with Gasteiger partial charge in [-0.3, -0.25) is 9.79 Å². The molecule has 0 radical (unpaired) electrons. The fraction of sp³-hybridized carbons (Fsp3) is 0.455. The molecule has 1 heterocycles. The molecular formula is C22H31IN4O2. The van der Waals surface area contributed by atoms with Crippen LogP contribution < -0.4 is 15.4 Å². The molecule has 0 aliphatic carbocycles. The topological polar surface area (TPSA) is 66.0 Å². The van der Waals surface area contributed by atoms with Crippen LogP contribution in [-0.4, -0.2) is 51.1 Å². The van der Waals surface area contributed by atoms with E-state index in [0.29, 0.717) is 12.3 Å². The standard InChI is InChI=1S/C22H30N4O2.HI/c1-23-21(27)13-16-8-10-26(11-9-16)22(24-2)25-15-17-4-5-19-14-20(28-3)7-6-18(19)12-17;/h4-7,12,14,16H,8-11,13,15H2,1-3H3,(H,23,27)(H,24,25);1H. The van der Waals surface area contributed by atoms with E-state index in [1.807, 2.05) is 13.1 Å². The Morgan fingerprint density at radius 2 is 1.86 bits per heavy atom. The van der Waals surface area contributed by atoms with Crippen molar-refractivity contribution in [1.29, 1.82) is 0 Å². The summed E-state index contributed by atoms with van der Waals surface area (Å²) in [6.07, 6.45) is 2.66. The number of fused-ring (bicyclic) bond motifs is 1. The summed E-state index contributed by atoms with van der Waals surface area (Å²) in [4.78, 5) is 18.3. The number of rotatable bonds is 5. The maximum Gasteiger partial charge on any atom is 0.220 e. The Labute approximate surface area is 190 Å². The molecule has 2 aromatic carbocycles. The van der Waals surface area contributed by atoms with Crippen LogP contribution in [0.1, 0.15) is 24.8 Å². The van der Waals surface area contributed by atoms with Gasteiger partial charge in [-0.25, -0.2) is 0 Å². The molecule has 3 rings (SSSR count). The minimum atomic E-state index is 0. The molecule has 0 spiro atoms. The van der Waals surface area contributed by atoms with E-state index in [2.05, 4.69) is 50.9 Å². The minimum absolute atomic E-state index is 0. The van der Waals surface area contributed by atoms with Crippen LogP contribution in [0.3, 0.4) is 0 Å². The third-order valence-corrected chi connectivity index (χ3v) is 5.44. The van der Waals surface area contributed by atoms with E-state index in [1.165, 1.54) is 16.3 Å². The molecule has 29 heavy (non-hydrogen) atoms. The Hall–Kier alpha value is -2.03. The van der Waals surface area contributed by atoms with Crippen molar-refractivity contribution >= 4 is 46.6 Å². The van der Waals surface area contributed by atoms with Gasteiger partial charge in [-0.1, -0.05) is 18.2 Å². The van der Waals surface area contributed by atoms with Crippen molar-refractivity contribution in [2.24, 2.45) is 10.9 Å². The van der Waals surface area contributed by atoms with Crippen molar-refractivity contribution < 1.29 is 9.53 Å². The minimum Gasteiger partial charge on any atom is -0.497 e. The Morgan fingerprint density at radius 1 is 1.17 bits per heavy atom. The average Bonchev–Trinajstić information content (AvgIpc) is 2.74. The first-order valence-corrected chi connectivity index (χ1v) is 9.85. The first-order chi connectivity index (χ1) is 13.6. The second kappa shape index (κ2) is 11.2. The van der Waals surface area contributed by atoms with Crippen molar-refractivity contribution in [3.63, 3.8) is 0 Å². The zero-order valence-corrected chi connectivity index (χ0v) is 19.7. The summed E-state index contributed by atoms with van der Waals surface area (Å²) in [5.74, 6) is 2.40. The summed E-state index contributed by atoms with van der Waals surface area (Å²) >= 11 is 0. The second-order valence-corrected chi connectivity index (χ2v) is 7.26. The molecule has 0 saturated carbocycles. The number of nitrogens with zero attached hydrogens (tertiary/aromatic N) is 2. The van der Waals surface area contributed by atoms with Crippen molar-refractivity contribution in [2.45, 2.75) is 25.8 Å². The van der Waals surface area contributed by atoms with E-state index < -0.39 is 0 Å². The third-order valence-electron chi connectivity index (χ3n) is 5.44. The fourth-order valence-corrected chi connectivity index (χ4v) is 3.74. The van der Waals surface area contributed by atoms with E-state index in [-0.39, 0.29) is 29.9 Å². The van der Waals surface area contributed by atoms with Gasteiger partial charge in [0.25, 0.3) is 0 Å². The van der Waals surface area contributed by atoms with Gasteiger partial charge >= 0.3 is 0 Å². The van der Waals surface area contributed by atoms with Gasteiger partial charge < -0.3 is 20.3 Å². The van der Waals surface area contributed by atoms with Crippen LogP contribution in [0, 0.1) is 5.92 Å². The zero-order valence-electron chi connectivity index (χ0n) is 17.4. The summed E-state index contributed by atoms with van der Waals surface area (Å²) in [5, 5.41) is 8.57. The van der Waals surface area contributed by atoms with E-state index in [0.717, 1.165) is 44.2 Å². The first-order valence-electron chi connectivity index (χ1n) is 9.85. The van der Waals surface area contributed by atoms with Crippen molar-refractivity contribution in [3.8, 4) is 5.75 Å². The first kappa shape index (κ1) is 23.3. The van der Waals surface area contributed by atoms with Crippen LogP contribution in [-0.2, 0) is 11.3 Å². The highest BCUT2D eigenvalue weighted by atomic mass is 127. The molecule has 2 aromatic rings. The fourth-order valence-electron chi connectivity index (χ4n) is 3.74. The maximum atomic E-state index is 11.6. The number of carbonyl (C=O) groups is 1. The number of ether oxygens (including phenoxy) is 1. The number of likely N-dealkylation sites (tertiary alicyclic amines) is 1. The van der Waals surface area contributed by atoms with E-state index in [4.69, 9.17) is 4.74 Å². The molecule has 2 N–H and O–H groups in total. The third kappa shape index (κ3) is 6.22. The molecule has 7 heteroatoms. The van der Waals surface area contributed by atoms with E-state index >= 15 is 0 Å². The molecular weight excluding hydrogens is 479 g/mol. The van der Waals surface area contributed by atoms with Crippen LogP contribution in [0.2, 0.25) is 0 Å². The predicted molar refractivity (Wildman–Crippen MR) is 129 cm³/mol. The van der Waals surface area contributed by atoms with Gasteiger partial charge in [-0.05, 0) is 53.3 Å². The largest absolute Gasteiger partial charge is 0.497 e. The summed E-state index contributed by atoms with van der Waals surface area (Å²) in [6.45, 7) is 2.59. The van der Waals surface area contributed by atoms with Crippen LogP contribution in [0.5, 0.6) is 5.75 Å². The number of benzene rings is 2. The lowest BCUT2D eigenvalue weighted by molar-refractivity contribution is -0.121. The summed E-state index contributed by atoms with van der Waals surface area (Å²) in [7, 11) is 5.21. The number of guanidine groups is 1. The highest BCUT2D eigenvalue weighted by Gasteiger charge is 2.23. The number of halogens is 1. The number of amides is 1. The predicted octanol–water partition coefficient (Wildman–Crippen LogP) is 3.39. The Bertz CT molecular complexity index is 848. The van der Waals surface area contributed by atoms with E-state index in [1.54, 1.807) is 14.2 Å². The zero-order chi connectivity index (χ0) is 19.9. The Balaban J connectivity index is 0.00000300. The molecule has 1 aliphatic heterocycles. The lowest BCUT2D eigenvalue weighted by Crippen LogP contribution is -2.45. The molecule has 0 atom stereocenters. The van der Waals surface area contributed by atoms with Gasteiger partial charge in [0.2, 0.25) is 5.91 Å². The normalized spacial score (nSPS) is 15.0. The molecule has 6 nitrogen and oxygen atoms in total. The number of methoxy groups -OCH3 is 1. The monoisotopic (exact) mass is 510 g/mol. The van der Waals surface area contributed by atoms with Crippen molar-refractivity contribution in [3.05, 3.63) is 42.0 Å². The van der Waals surface area contributed by atoms with Crippen LogP contribution in [0.4, 0.5) is 0 Å². The van der Waals surface area contributed by atoms with Crippen molar-refractivity contribution in [1.82, 2.24) is 15.5 Å². The number of piperidine rings is 1. The lowest BCUT2D eigenvalue weighted by atomic mass is 9.93. The number of hydrogen-bond acceptors (Lipinski definition) is 3. The molecule has 0 unspecified atom stereocenters. The summed E-state index contributed by atoms with van der Waals surface area (Å²) in [5.41, 5.74) is 1.22. The highest BCUT2D eigenvalue weighted by Crippen LogP contribution is 2.22. The molecule has 0 bridgehead atoms. The van der Waals surface area contributed by atoms with Crippen molar-refractivity contribution in [2.75, 3.05) is 34.3 Å². The second-order valence-electron chi connectivity index (χ2n) is 7.26. The SMILES string of the molecule is CN=C(NCc1ccc2cc(OC)ccc2c1)N1CCC(CC(=O)NC)CC1.I. The molecule has 1 amide bonds. The quantitative estimate of drug-likeness (QED) is 0.368. The number of hydrogen-bond donors (Lipinski definition) is 2. The molecule has 158 valence electrons. The Kier molecular flexibility index (Phi) is 9.00. The number of carbonyl (C=O) groups excluding carboxylic acids is 1. The summed E-state index contributed by atoms with van der Waals surface area (Å²) in [6, 6.07) is 12.6. The number of nitrogens with one attached hydrogen (secondary N) is 2. The van der Waals surface area contributed by atoms with Gasteiger partial charge in [0, 0.05) is 40.2 Å². The van der Waals surface area contributed by atoms with Gasteiger partial charge in [-0.2, -0.15) is 0 Å². The smallest absolute Gasteiger partial charge is 0.220 e. The molecule has 1 saturated heterocycles. The van der Waals surface area contributed by atoms with E-state index in [9.17, 15) is 4.79 Å². The Morgan fingerprint density at radius 3 is 2.52 bits per heavy atom. The van der Waals surface area contributed by atoms with Crippen LogP contribution in [0.25, 0.3) is 10.8 Å². The van der Waals surface area contributed by atoms with Crippen LogP contribution in [0.15, 0.2) is 41.4 Å². The van der Waals surface area contributed by atoms with Gasteiger partial charge in [-0.15, -0.1) is 24.0 Å². The molecule has 1 aliphatic rings. The molecule has 0 aromatic heterocycles. The van der Waals surface area contributed by atoms with Gasteiger partial charge in [0.15, 0.2) is 5.96 Å². The highest BCUT2D eigenvalue weighted by molar-refractivity contribution is 14.0.